The van der Waals surface area contributed by atoms with E-state index in [0.717, 1.165) is 77.2 Å². The Morgan fingerprint density at radius 2 is 2.04 bits per heavy atom. The van der Waals surface area contributed by atoms with Gasteiger partial charge in [-0.05, 0) is 50.8 Å². The van der Waals surface area contributed by atoms with Gasteiger partial charge in [0.25, 0.3) is 0 Å². The van der Waals surface area contributed by atoms with Gasteiger partial charge in [0.15, 0.2) is 0 Å². The van der Waals surface area contributed by atoms with Gasteiger partial charge in [0.1, 0.15) is 5.82 Å². The summed E-state index contributed by atoms with van der Waals surface area (Å²) in [6.07, 6.45) is 9.27. The smallest absolute Gasteiger partial charge is 0.223 e. The summed E-state index contributed by atoms with van der Waals surface area (Å²) in [7, 11) is 0. The highest BCUT2D eigenvalue weighted by molar-refractivity contribution is 5.78. The van der Waals surface area contributed by atoms with Gasteiger partial charge in [-0.25, -0.2) is 4.98 Å². The lowest BCUT2D eigenvalue weighted by Crippen LogP contribution is -2.47. The number of unbranched alkanes of at least 4 members (excludes halogenated alkanes) is 1. The van der Waals surface area contributed by atoms with Crippen molar-refractivity contribution < 1.29 is 9.18 Å². The molecule has 0 aromatic carbocycles. The molecule has 1 amide bonds. The summed E-state index contributed by atoms with van der Waals surface area (Å²) in [6, 6.07) is 4.95. The first kappa shape index (κ1) is 18.8. The fourth-order valence-electron chi connectivity index (χ4n) is 3.62. The number of carbonyl (C=O) groups is 1. The molecule has 5 nitrogen and oxygen atoms in total. The molecule has 142 valence electrons. The summed E-state index contributed by atoms with van der Waals surface area (Å²) < 4.78 is 13.2. The Bertz CT molecular complexity index is 614. The lowest BCUT2D eigenvalue weighted by Gasteiger charge is -2.35. The lowest BCUT2D eigenvalue weighted by atomic mass is 9.94. The zero-order valence-electron chi connectivity index (χ0n) is 15.4. The maximum Gasteiger partial charge on any atom is 0.223 e. The molecule has 1 N–H and O–H groups in total. The van der Waals surface area contributed by atoms with E-state index in [4.69, 9.17) is 0 Å². The van der Waals surface area contributed by atoms with Crippen LogP contribution in [0.3, 0.4) is 0 Å². The Kier molecular flexibility index (Phi) is 7.00. The van der Waals surface area contributed by atoms with Gasteiger partial charge in [0.05, 0.1) is 0 Å². The van der Waals surface area contributed by atoms with E-state index in [9.17, 15) is 9.18 Å². The standard InChI is InChI=1S/C20H29FN4O/c21-18-9-6-10-19(23-18)25-15-13-24(14-16-25)12-5-4-11-22-20(26)17-7-2-1-3-8-17/h1-2,6,9-10,17H,3-5,7-8,11-16H2,(H,22,26). The molecule has 1 aromatic rings. The van der Waals surface area contributed by atoms with E-state index in [-0.39, 0.29) is 11.8 Å². The van der Waals surface area contributed by atoms with Crippen LogP contribution in [0.15, 0.2) is 30.4 Å². The number of halogens is 1. The summed E-state index contributed by atoms with van der Waals surface area (Å²) in [6.45, 7) is 5.52. The van der Waals surface area contributed by atoms with Crippen LogP contribution in [-0.2, 0) is 4.79 Å². The Morgan fingerprint density at radius 3 is 2.77 bits per heavy atom. The van der Waals surface area contributed by atoms with Crippen LogP contribution < -0.4 is 10.2 Å². The molecule has 0 spiro atoms. The summed E-state index contributed by atoms with van der Waals surface area (Å²) in [5.41, 5.74) is 0. The Morgan fingerprint density at radius 1 is 1.19 bits per heavy atom. The number of allylic oxidation sites excluding steroid dienone is 2. The summed E-state index contributed by atoms with van der Waals surface area (Å²) in [5.74, 6) is 0.691. The first-order valence-corrected chi connectivity index (χ1v) is 9.75. The second kappa shape index (κ2) is 9.67. The quantitative estimate of drug-likeness (QED) is 0.461. The average molecular weight is 360 g/mol. The SMILES string of the molecule is O=C(NCCCCN1CCN(c2cccc(F)n2)CC1)C1CC=CCC1. The van der Waals surface area contributed by atoms with Crippen LogP contribution in [0, 0.1) is 11.9 Å². The fraction of sp³-hybridized carbons (Fsp3) is 0.600. The van der Waals surface area contributed by atoms with Gasteiger partial charge in [0.2, 0.25) is 11.9 Å². The van der Waals surface area contributed by atoms with Gasteiger partial charge >= 0.3 is 0 Å². The lowest BCUT2D eigenvalue weighted by molar-refractivity contribution is -0.125. The second-order valence-corrected chi connectivity index (χ2v) is 7.13. The normalized spacial score (nSPS) is 21.0. The van der Waals surface area contributed by atoms with E-state index in [1.54, 1.807) is 6.07 Å². The van der Waals surface area contributed by atoms with Gasteiger partial charge in [-0.1, -0.05) is 18.2 Å². The van der Waals surface area contributed by atoms with Crippen LogP contribution >= 0.6 is 0 Å². The fourth-order valence-corrected chi connectivity index (χ4v) is 3.62. The number of rotatable bonds is 7. The van der Waals surface area contributed by atoms with E-state index in [1.807, 2.05) is 6.07 Å². The number of nitrogens with one attached hydrogen (secondary N) is 1. The molecule has 1 aromatic heterocycles. The van der Waals surface area contributed by atoms with Crippen molar-refractivity contribution in [2.24, 2.45) is 5.92 Å². The number of anilines is 1. The van der Waals surface area contributed by atoms with Crippen molar-refractivity contribution in [3.63, 3.8) is 0 Å². The Labute approximate surface area is 155 Å². The number of hydrogen-bond acceptors (Lipinski definition) is 4. The van der Waals surface area contributed by atoms with Gasteiger partial charge in [-0.3, -0.25) is 9.69 Å². The maximum absolute atomic E-state index is 13.2. The predicted octanol–water partition coefficient (Wildman–Crippen LogP) is 2.60. The maximum atomic E-state index is 13.2. The summed E-state index contributed by atoms with van der Waals surface area (Å²) in [5, 5.41) is 3.08. The highest BCUT2D eigenvalue weighted by Gasteiger charge is 2.19. The second-order valence-electron chi connectivity index (χ2n) is 7.13. The molecule has 3 rings (SSSR count). The van der Waals surface area contributed by atoms with Crippen molar-refractivity contribution in [3.8, 4) is 0 Å². The van der Waals surface area contributed by atoms with Crippen LogP contribution in [0.25, 0.3) is 0 Å². The van der Waals surface area contributed by atoms with Crippen molar-refractivity contribution in [1.82, 2.24) is 15.2 Å². The van der Waals surface area contributed by atoms with E-state index >= 15 is 0 Å². The molecular formula is C20H29FN4O. The van der Waals surface area contributed by atoms with E-state index < -0.39 is 5.95 Å². The topological polar surface area (TPSA) is 48.5 Å². The van der Waals surface area contributed by atoms with Crippen molar-refractivity contribution >= 4 is 11.7 Å². The van der Waals surface area contributed by atoms with Crippen molar-refractivity contribution in [2.75, 3.05) is 44.2 Å². The van der Waals surface area contributed by atoms with Crippen LogP contribution in [0.1, 0.15) is 32.1 Å². The third-order valence-corrected chi connectivity index (χ3v) is 5.24. The van der Waals surface area contributed by atoms with Crippen molar-refractivity contribution in [1.29, 1.82) is 0 Å². The molecule has 2 aliphatic rings. The molecular weight excluding hydrogens is 331 g/mol. The van der Waals surface area contributed by atoms with Gasteiger partial charge in [-0.15, -0.1) is 0 Å². The Balaban J connectivity index is 1.27. The molecule has 1 atom stereocenters. The first-order valence-electron chi connectivity index (χ1n) is 9.75. The first-order chi connectivity index (χ1) is 12.7. The number of amides is 1. The number of nitrogens with zero attached hydrogens (tertiary/aromatic N) is 3. The zero-order valence-corrected chi connectivity index (χ0v) is 15.4. The molecule has 0 saturated carbocycles. The van der Waals surface area contributed by atoms with Crippen LogP contribution in [0.5, 0.6) is 0 Å². The van der Waals surface area contributed by atoms with Gasteiger partial charge in [0, 0.05) is 38.6 Å². The molecule has 1 aliphatic heterocycles. The highest BCUT2D eigenvalue weighted by atomic mass is 19.1. The number of carbonyl (C=O) groups excluding carboxylic acids is 1. The van der Waals surface area contributed by atoms with E-state index in [0.29, 0.717) is 0 Å². The molecule has 0 radical (unpaired) electrons. The third-order valence-electron chi connectivity index (χ3n) is 5.24. The van der Waals surface area contributed by atoms with E-state index in [2.05, 4.69) is 32.3 Å². The number of hydrogen-bond donors (Lipinski definition) is 1. The minimum atomic E-state index is -0.420. The van der Waals surface area contributed by atoms with Crippen molar-refractivity contribution in [2.45, 2.75) is 32.1 Å². The van der Waals surface area contributed by atoms with Crippen LogP contribution in [-0.4, -0.2) is 55.1 Å². The number of piperazine rings is 1. The third kappa shape index (κ3) is 5.53. The molecule has 1 saturated heterocycles. The molecule has 0 bridgehead atoms. The Hall–Kier alpha value is -1.95. The van der Waals surface area contributed by atoms with Crippen LogP contribution in [0.2, 0.25) is 0 Å². The largest absolute Gasteiger partial charge is 0.356 e. The molecule has 26 heavy (non-hydrogen) atoms. The molecule has 1 unspecified atom stereocenters. The van der Waals surface area contributed by atoms with Gasteiger partial charge < -0.3 is 10.2 Å². The van der Waals surface area contributed by atoms with Crippen molar-refractivity contribution in [3.05, 3.63) is 36.3 Å². The molecule has 1 aliphatic carbocycles. The summed E-state index contributed by atoms with van der Waals surface area (Å²) >= 11 is 0. The zero-order chi connectivity index (χ0) is 18.2. The van der Waals surface area contributed by atoms with E-state index in [1.165, 1.54) is 6.07 Å². The summed E-state index contributed by atoms with van der Waals surface area (Å²) in [4.78, 5) is 20.6. The molecule has 2 heterocycles. The molecule has 6 heteroatoms. The number of aromatic nitrogens is 1. The number of pyridine rings is 1. The average Bonchev–Trinajstić information content (AvgIpc) is 2.69. The highest BCUT2D eigenvalue weighted by Crippen LogP contribution is 2.18. The van der Waals surface area contributed by atoms with Gasteiger partial charge in [-0.2, -0.15) is 4.39 Å². The minimum absolute atomic E-state index is 0.171. The monoisotopic (exact) mass is 360 g/mol. The van der Waals surface area contributed by atoms with Crippen LogP contribution in [0.4, 0.5) is 10.2 Å². The minimum Gasteiger partial charge on any atom is -0.356 e. The predicted molar refractivity (Wildman–Crippen MR) is 102 cm³/mol. The molecule has 1 fully saturated rings.